The van der Waals surface area contributed by atoms with Crippen molar-refractivity contribution in [2.24, 2.45) is 0 Å². The standard InChI is InChI=1S/C15H24N2OS/c1-12(2)13-4-5-15(14(10-13)11-16-3)17-6-8-19(18)9-7-17/h4-5,10,12,16H,6-9,11H2,1-3H3. The van der Waals surface area contributed by atoms with Crippen molar-refractivity contribution in [2.75, 3.05) is 36.5 Å². The Morgan fingerprint density at radius 2 is 2.00 bits per heavy atom. The molecule has 0 saturated carbocycles. The molecule has 0 atom stereocenters. The molecule has 1 aromatic carbocycles. The van der Waals surface area contributed by atoms with Gasteiger partial charge in [0, 0.05) is 47.6 Å². The average molecular weight is 280 g/mol. The van der Waals surface area contributed by atoms with Gasteiger partial charge >= 0.3 is 0 Å². The molecule has 0 bridgehead atoms. The van der Waals surface area contributed by atoms with Gasteiger partial charge in [0.2, 0.25) is 0 Å². The summed E-state index contributed by atoms with van der Waals surface area (Å²) >= 11 is 0. The zero-order valence-electron chi connectivity index (χ0n) is 12.1. The summed E-state index contributed by atoms with van der Waals surface area (Å²) < 4.78 is 11.5. The molecule has 1 aromatic rings. The molecule has 106 valence electrons. The summed E-state index contributed by atoms with van der Waals surface area (Å²) in [5.74, 6) is 2.15. The fourth-order valence-corrected chi connectivity index (χ4v) is 3.54. The molecule has 1 N–H and O–H groups in total. The SMILES string of the molecule is CNCc1cc(C(C)C)ccc1N1CCS(=O)CC1. The van der Waals surface area contributed by atoms with E-state index in [1.807, 2.05) is 7.05 Å². The zero-order valence-corrected chi connectivity index (χ0v) is 12.9. The van der Waals surface area contributed by atoms with Gasteiger partial charge in [-0.3, -0.25) is 4.21 Å². The average Bonchev–Trinajstić information content (AvgIpc) is 2.40. The Morgan fingerprint density at radius 3 is 2.58 bits per heavy atom. The van der Waals surface area contributed by atoms with Gasteiger partial charge in [0.05, 0.1) is 0 Å². The van der Waals surface area contributed by atoms with Crippen LogP contribution in [0, 0.1) is 0 Å². The van der Waals surface area contributed by atoms with Crippen LogP contribution in [-0.2, 0) is 17.3 Å². The van der Waals surface area contributed by atoms with Crippen molar-refractivity contribution in [3.05, 3.63) is 29.3 Å². The Bertz CT molecular complexity index is 449. The Balaban J connectivity index is 2.25. The first-order valence-electron chi connectivity index (χ1n) is 6.99. The number of nitrogens with zero attached hydrogens (tertiary/aromatic N) is 1. The highest BCUT2D eigenvalue weighted by molar-refractivity contribution is 7.85. The van der Waals surface area contributed by atoms with E-state index in [1.165, 1.54) is 16.8 Å². The fourth-order valence-electron chi connectivity index (χ4n) is 2.48. The molecule has 1 fully saturated rings. The predicted molar refractivity (Wildman–Crippen MR) is 83.4 cm³/mol. The predicted octanol–water partition coefficient (Wildman–Crippen LogP) is 2.10. The van der Waals surface area contributed by atoms with Crippen molar-refractivity contribution in [1.29, 1.82) is 0 Å². The summed E-state index contributed by atoms with van der Waals surface area (Å²) in [5.41, 5.74) is 4.03. The largest absolute Gasteiger partial charge is 0.369 e. The topological polar surface area (TPSA) is 32.3 Å². The van der Waals surface area contributed by atoms with E-state index in [9.17, 15) is 4.21 Å². The van der Waals surface area contributed by atoms with Crippen LogP contribution in [0.1, 0.15) is 30.9 Å². The molecule has 0 aliphatic carbocycles. The molecule has 2 rings (SSSR count). The van der Waals surface area contributed by atoms with Crippen molar-refractivity contribution >= 4 is 16.5 Å². The van der Waals surface area contributed by atoms with E-state index < -0.39 is 10.8 Å². The Labute approximate surface area is 118 Å². The molecule has 3 nitrogen and oxygen atoms in total. The highest BCUT2D eigenvalue weighted by Crippen LogP contribution is 2.26. The van der Waals surface area contributed by atoms with E-state index >= 15 is 0 Å². The minimum Gasteiger partial charge on any atom is -0.369 e. The van der Waals surface area contributed by atoms with Gasteiger partial charge in [-0.2, -0.15) is 0 Å². The lowest BCUT2D eigenvalue weighted by Gasteiger charge is -2.30. The molecule has 4 heteroatoms. The van der Waals surface area contributed by atoms with Crippen molar-refractivity contribution < 1.29 is 4.21 Å². The first-order chi connectivity index (χ1) is 9.11. The molecule has 0 unspecified atom stereocenters. The van der Waals surface area contributed by atoms with E-state index in [0.29, 0.717) is 5.92 Å². The molecule has 0 spiro atoms. The molecule has 1 aliphatic heterocycles. The molecule has 0 aromatic heterocycles. The summed E-state index contributed by atoms with van der Waals surface area (Å²) in [4.78, 5) is 2.37. The van der Waals surface area contributed by atoms with Gasteiger partial charge in [-0.05, 0) is 30.2 Å². The molecule has 1 heterocycles. The van der Waals surface area contributed by atoms with E-state index in [0.717, 1.165) is 31.1 Å². The number of nitrogens with one attached hydrogen (secondary N) is 1. The molecule has 1 saturated heterocycles. The second kappa shape index (κ2) is 6.53. The quantitative estimate of drug-likeness (QED) is 0.916. The van der Waals surface area contributed by atoms with Crippen molar-refractivity contribution in [2.45, 2.75) is 26.3 Å². The smallest absolute Gasteiger partial charge is 0.0412 e. The van der Waals surface area contributed by atoms with Gasteiger partial charge in [-0.1, -0.05) is 26.0 Å². The van der Waals surface area contributed by atoms with Gasteiger partial charge in [0.1, 0.15) is 0 Å². The minimum atomic E-state index is -0.614. The molecule has 0 amide bonds. The van der Waals surface area contributed by atoms with E-state index in [-0.39, 0.29) is 0 Å². The van der Waals surface area contributed by atoms with Gasteiger partial charge < -0.3 is 10.2 Å². The normalized spacial score (nSPS) is 17.2. The lowest BCUT2D eigenvalue weighted by molar-refractivity contribution is 0.672. The van der Waals surface area contributed by atoms with Crippen LogP contribution in [0.15, 0.2) is 18.2 Å². The number of rotatable bonds is 4. The summed E-state index contributed by atoms with van der Waals surface area (Å²) in [7, 11) is 1.37. The lowest BCUT2D eigenvalue weighted by Crippen LogP contribution is -2.38. The molecule has 19 heavy (non-hydrogen) atoms. The zero-order chi connectivity index (χ0) is 13.8. The maximum absolute atomic E-state index is 11.5. The molecular weight excluding hydrogens is 256 g/mol. The van der Waals surface area contributed by atoms with Gasteiger partial charge in [0.15, 0.2) is 0 Å². The molecule has 1 aliphatic rings. The fraction of sp³-hybridized carbons (Fsp3) is 0.600. The maximum Gasteiger partial charge on any atom is 0.0412 e. The van der Waals surface area contributed by atoms with Crippen LogP contribution >= 0.6 is 0 Å². The van der Waals surface area contributed by atoms with Crippen LogP contribution in [0.3, 0.4) is 0 Å². The monoisotopic (exact) mass is 280 g/mol. The van der Waals surface area contributed by atoms with Gasteiger partial charge in [0.25, 0.3) is 0 Å². The summed E-state index contributed by atoms with van der Waals surface area (Å²) in [5, 5.41) is 3.25. The van der Waals surface area contributed by atoms with E-state index in [1.54, 1.807) is 0 Å². The number of hydrogen-bond donors (Lipinski definition) is 1. The van der Waals surface area contributed by atoms with Crippen LogP contribution in [-0.4, -0.2) is 35.9 Å². The summed E-state index contributed by atoms with van der Waals surface area (Å²) in [6.07, 6.45) is 0. The Hall–Kier alpha value is -0.870. The number of hydrogen-bond acceptors (Lipinski definition) is 3. The first-order valence-corrected chi connectivity index (χ1v) is 8.48. The van der Waals surface area contributed by atoms with Gasteiger partial charge in [-0.15, -0.1) is 0 Å². The third kappa shape index (κ3) is 3.57. The van der Waals surface area contributed by atoms with Crippen LogP contribution in [0.2, 0.25) is 0 Å². The third-order valence-corrected chi connectivity index (χ3v) is 4.93. The molecule has 0 radical (unpaired) electrons. The number of benzene rings is 1. The van der Waals surface area contributed by atoms with Gasteiger partial charge in [-0.25, -0.2) is 0 Å². The summed E-state index contributed by atoms with van der Waals surface area (Å²) in [6, 6.07) is 6.77. The summed E-state index contributed by atoms with van der Waals surface area (Å²) in [6.45, 7) is 7.15. The highest BCUT2D eigenvalue weighted by atomic mass is 32.2. The molecular formula is C15H24N2OS. The first kappa shape index (κ1) is 14.5. The maximum atomic E-state index is 11.5. The van der Waals surface area contributed by atoms with Crippen LogP contribution in [0.4, 0.5) is 5.69 Å². The van der Waals surface area contributed by atoms with Crippen LogP contribution < -0.4 is 10.2 Å². The second-order valence-corrected chi connectivity index (χ2v) is 7.10. The third-order valence-electron chi connectivity index (χ3n) is 3.66. The van der Waals surface area contributed by atoms with Crippen molar-refractivity contribution in [1.82, 2.24) is 5.32 Å². The highest BCUT2D eigenvalue weighted by Gasteiger charge is 2.18. The number of anilines is 1. The Morgan fingerprint density at radius 1 is 1.32 bits per heavy atom. The minimum absolute atomic E-state index is 0.554. The van der Waals surface area contributed by atoms with Crippen LogP contribution in [0.5, 0.6) is 0 Å². The second-order valence-electron chi connectivity index (χ2n) is 5.41. The van der Waals surface area contributed by atoms with E-state index in [2.05, 4.69) is 42.3 Å². The lowest BCUT2D eigenvalue weighted by atomic mass is 9.99. The van der Waals surface area contributed by atoms with Crippen LogP contribution in [0.25, 0.3) is 0 Å². The van der Waals surface area contributed by atoms with Crippen molar-refractivity contribution in [3.8, 4) is 0 Å². The van der Waals surface area contributed by atoms with E-state index in [4.69, 9.17) is 0 Å². The van der Waals surface area contributed by atoms with Crippen molar-refractivity contribution in [3.63, 3.8) is 0 Å². The Kier molecular flexibility index (Phi) is 4.99.